The van der Waals surface area contributed by atoms with Gasteiger partial charge in [-0.05, 0) is 38.0 Å². The lowest BCUT2D eigenvalue weighted by Crippen LogP contribution is -2.64. The van der Waals surface area contributed by atoms with Gasteiger partial charge < -0.3 is 15.2 Å². The number of aryl methyl sites for hydroxylation is 2. The molecule has 3 aromatic rings. The number of anilines is 1. The molecule has 0 aliphatic carbocycles. The number of H-pyrrole nitrogens is 1. The summed E-state index contributed by atoms with van der Waals surface area (Å²) in [7, 11) is 0. The number of nitrogens with one attached hydrogen (secondary N) is 2. The fraction of sp³-hybridized carbons (Fsp3) is 0.318. The van der Waals surface area contributed by atoms with Crippen molar-refractivity contribution in [2.75, 3.05) is 18.0 Å². The van der Waals surface area contributed by atoms with E-state index < -0.39 is 5.41 Å². The number of benzene rings is 1. The molecule has 3 heterocycles. The first kappa shape index (κ1) is 19.8. The molecular formula is C22H24N6O2. The topological polar surface area (TPSA) is 104 Å². The summed E-state index contributed by atoms with van der Waals surface area (Å²) in [5.41, 5.74) is 1.70. The Balaban J connectivity index is 1.51. The number of carbonyl (C=O) groups is 1. The fourth-order valence-electron chi connectivity index (χ4n) is 3.82. The van der Waals surface area contributed by atoms with Gasteiger partial charge in [0, 0.05) is 19.2 Å². The molecule has 8 nitrogen and oxygen atoms in total. The first-order valence-electron chi connectivity index (χ1n) is 9.88. The van der Waals surface area contributed by atoms with Crippen LogP contribution in [-0.2, 0) is 17.8 Å². The van der Waals surface area contributed by atoms with E-state index in [0.717, 1.165) is 17.1 Å². The molecule has 1 saturated heterocycles. The Morgan fingerprint density at radius 1 is 1.13 bits per heavy atom. The summed E-state index contributed by atoms with van der Waals surface area (Å²) in [5.74, 6) is 1.24. The Morgan fingerprint density at radius 3 is 2.57 bits per heavy atom. The second-order valence-corrected chi connectivity index (χ2v) is 7.84. The highest BCUT2D eigenvalue weighted by Crippen LogP contribution is 2.37. The number of rotatable bonds is 6. The van der Waals surface area contributed by atoms with Crippen molar-refractivity contribution in [2.45, 2.75) is 26.8 Å². The smallest absolute Gasteiger partial charge is 0.251 e. The largest absolute Gasteiger partial charge is 0.353 e. The van der Waals surface area contributed by atoms with Crippen molar-refractivity contribution in [1.29, 1.82) is 0 Å². The van der Waals surface area contributed by atoms with E-state index in [-0.39, 0.29) is 18.0 Å². The lowest BCUT2D eigenvalue weighted by molar-refractivity contribution is -0.132. The molecule has 1 aliphatic heterocycles. The third kappa shape index (κ3) is 4.22. The van der Waals surface area contributed by atoms with Gasteiger partial charge in [-0.2, -0.15) is 5.10 Å². The molecule has 1 aromatic carbocycles. The first-order valence-corrected chi connectivity index (χ1v) is 9.88. The molecule has 0 radical (unpaired) electrons. The van der Waals surface area contributed by atoms with E-state index in [1.165, 1.54) is 6.07 Å². The maximum Gasteiger partial charge on any atom is 0.251 e. The second kappa shape index (κ2) is 8.06. The Kier molecular flexibility index (Phi) is 5.31. The van der Waals surface area contributed by atoms with Gasteiger partial charge in [0.05, 0.1) is 23.3 Å². The van der Waals surface area contributed by atoms with Crippen molar-refractivity contribution >= 4 is 11.7 Å². The minimum absolute atomic E-state index is 0.0533. The van der Waals surface area contributed by atoms with Gasteiger partial charge in [-0.15, -0.1) is 5.10 Å². The Morgan fingerprint density at radius 2 is 1.90 bits per heavy atom. The van der Waals surface area contributed by atoms with Crippen LogP contribution in [-0.4, -0.2) is 39.2 Å². The summed E-state index contributed by atoms with van der Waals surface area (Å²) < 4.78 is 0. The average Bonchev–Trinajstić information content (AvgIpc) is 2.69. The van der Waals surface area contributed by atoms with Gasteiger partial charge in [-0.1, -0.05) is 30.3 Å². The quantitative estimate of drug-likeness (QED) is 0.646. The van der Waals surface area contributed by atoms with Crippen LogP contribution < -0.4 is 15.8 Å². The lowest BCUT2D eigenvalue weighted by atomic mass is 9.73. The van der Waals surface area contributed by atoms with E-state index >= 15 is 0 Å². The van der Waals surface area contributed by atoms with Gasteiger partial charge >= 0.3 is 0 Å². The minimum atomic E-state index is -0.579. The molecule has 0 saturated carbocycles. The normalized spacial score (nSPS) is 14.8. The number of carbonyl (C=O) groups excluding carboxylic acids is 1. The maximum absolute atomic E-state index is 13.2. The van der Waals surface area contributed by atoms with Gasteiger partial charge in [-0.25, -0.2) is 4.98 Å². The molecule has 0 spiro atoms. The number of aromatic nitrogens is 4. The molecule has 2 N–H and O–H groups in total. The molecule has 1 fully saturated rings. The summed E-state index contributed by atoms with van der Waals surface area (Å²) >= 11 is 0. The van der Waals surface area contributed by atoms with Crippen molar-refractivity contribution in [3.63, 3.8) is 0 Å². The summed E-state index contributed by atoms with van der Waals surface area (Å²) in [6, 6.07) is 15.2. The third-order valence-corrected chi connectivity index (χ3v) is 5.31. The predicted molar refractivity (Wildman–Crippen MR) is 113 cm³/mol. The van der Waals surface area contributed by atoms with Crippen LogP contribution in [0, 0.1) is 19.3 Å². The van der Waals surface area contributed by atoms with Crippen LogP contribution >= 0.6 is 0 Å². The maximum atomic E-state index is 13.2. The van der Waals surface area contributed by atoms with E-state index in [1.807, 2.05) is 49.4 Å². The van der Waals surface area contributed by atoms with Crippen LogP contribution in [0.2, 0.25) is 0 Å². The van der Waals surface area contributed by atoms with Crippen molar-refractivity contribution in [3.8, 4) is 0 Å². The van der Waals surface area contributed by atoms with Crippen LogP contribution in [0.25, 0.3) is 0 Å². The number of hydrogen-bond acceptors (Lipinski definition) is 6. The highest BCUT2D eigenvalue weighted by atomic mass is 16.2. The number of hydrogen-bond donors (Lipinski definition) is 2. The van der Waals surface area contributed by atoms with Crippen LogP contribution in [0.3, 0.4) is 0 Å². The molecule has 8 heteroatoms. The molecule has 1 aliphatic rings. The third-order valence-electron chi connectivity index (χ3n) is 5.31. The first-order chi connectivity index (χ1) is 14.4. The highest BCUT2D eigenvalue weighted by Gasteiger charge is 2.49. The monoisotopic (exact) mass is 404 g/mol. The average molecular weight is 404 g/mol. The van der Waals surface area contributed by atoms with Crippen molar-refractivity contribution in [2.24, 2.45) is 5.41 Å². The van der Waals surface area contributed by atoms with Crippen molar-refractivity contribution in [1.82, 2.24) is 25.5 Å². The fourth-order valence-corrected chi connectivity index (χ4v) is 3.82. The van der Waals surface area contributed by atoms with Gasteiger partial charge in [0.25, 0.3) is 5.56 Å². The van der Waals surface area contributed by atoms with Crippen LogP contribution in [0.15, 0.2) is 53.3 Å². The number of nitrogens with zero attached hydrogens (tertiary/aromatic N) is 4. The number of aromatic amines is 1. The zero-order valence-electron chi connectivity index (χ0n) is 17.1. The lowest BCUT2D eigenvalue weighted by Gasteiger charge is -2.49. The zero-order valence-corrected chi connectivity index (χ0v) is 17.1. The molecule has 0 unspecified atom stereocenters. The minimum Gasteiger partial charge on any atom is -0.353 e. The molecule has 0 atom stereocenters. The highest BCUT2D eigenvalue weighted by molar-refractivity contribution is 5.86. The van der Waals surface area contributed by atoms with Gasteiger partial charge in [0.2, 0.25) is 5.91 Å². The van der Waals surface area contributed by atoms with Crippen LogP contribution in [0.4, 0.5) is 5.82 Å². The SMILES string of the molecule is Cc1ccc(N2CC(Cc3ccccc3)(C(=O)NCc3cc(=O)[nH]c(C)n3)C2)nn1. The van der Waals surface area contributed by atoms with Gasteiger partial charge in [0.15, 0.2) is 5.82 Å². The van der Waals surface area contributed by atoms with Crippen LogP contribution in [0.1, 0.15) is 22.8 Å². The van der Waals surface area contributed by atoms with Crippen molar-refractivity contribution < 1.29 is 4.79 Å². The zero-order chi connectivity index (χ0) is 21.1. The van der Waals surface area contributed by atoms with E-state index in [0.29, 0.717) is 31.0 Å². The Labute approximate surface area is 174 Å². The molecule has 154 valence electrons. The predicted octanol–water partition coefficient (Wildman–Crippen LogP) is 1.54. The Hall–Kier alpha value is -3.55. The van der Waals surface area contributed by atoms with E-state index in [9.17, 15) is 9.59 Å². The van der Waals surface area contributed by atoms with Gasteiger partial charge in [0.1, 0.15) is 5.82 Å². The van der Waals surface area contributed by atoms with E-state index in [1.54, 1.807) is 6.92 Å². The summed E-state index contributed by atoms with van der Waals surface area (Å²) in [6.45, 7) is 4.92. The van der Waals surface area contributed by atoms with Gasteiger partial charge in [-0.3, -0.25) is 9.59 Å². The standard InChI is InChI=1S/C22H24N6O2/c1-15-8-9-19(27-26-15)28-13-22(14-28,11-17-6-4-3-5-7-17)21(30)23-12-18-10-20(29)25-16(2)24-18/h3-10H,11-14H2,1-2H3,(H,23,30)(H,24,25,29). The van der Waals surface area contributed by atoms with E-state index in [2.05, 4.69) is 30.4 Å². The molecule has 1 amide bonds. The van der Waals surface area contributed by atoms with Crippen LogP contribution in [0.5, 0.6) is 0 Å². The molecule has 2 aromatic heterocycles. The second-order valence-electron chi connectivity index (χ2n) is 7.84. The molecular weight excluding hydrogens is 380 g/mol. The Bertz CT molecular complexity index is 1090. The summed E-state index contributed by atoms with van der Waals surface area (Å²) in [6.07, 6.45) is 0.622. The summed E-state index contributed by atoms with van der Waals surface area (Å²) in [5, 5.41) is 11.3. The molecule has 4 rings (SSSR count). The van der Waals surface area contributed by atoms with Crippen molar-refractivity contribution in [3.05, 3.63) is 81.7 Å². The number of amides is 1. The molecule has 30 heavy (non-hydrogen) atoms. The van der Waals surface area contributed by atoms with E-state index in [4.69, 9.17) is 0 Å². The molecule has 0 bridgehead atoms. The summed E-state index contributed by atoms with van der Waals surface area (Å²) in [4.78, 5) is 33.9.